The lowest BCUT2D eigenvalue weighted by Crippen LogP contribution is -2.51. The zero-order valence-electron chi connectivity index (χ0n) is 13.4. The van der Waals surface area contributed by atoms with Gasteiger partial charge in [0.25, 0.3) is 0 Å². The van der Waals surface area contributed by atoms with Crippen molar-refractivity contribution in [2.45, 2.75) is 58.0 Å². The molecule has 2 atom stereocenters. The van der Waals surface area contributed by atoms with Gasteiger partial charge in [0, 0.05) is 30.6 Å². The van der Waals surface area contributed by atoms with E-state index in [0.29, 0.717) is 12.3 Å². The van der Waals surface area contributed by atoms with Gasteiger partial charge in [0.15, 0.2) is 0 Å². The molecule has 3 nitrogen and oxygen atoms in total. The summed E-state index contributed by atoms with van der Waals surface area (Å²) in [7, 11) is 0. The first-order chi connectivity index (χ1) is 10.2. The van der Waals surface area contributed by atoms with Crippen LogP contribution in [0.5, 0.6) is 0 Å². The Kier molecular flexibility index (Phi) is 3.68. The number of likely N-dealkylation sites (tertiary alicyclic amines) is 1. The molecule has 1 aromatic rings. The monoisotopic (exact) mass is 286 g/mol. The lowest BCUT2D eigenvalue weighted by atomic mass is 9.77. The smallest absolute Gasteiger partial charge is 0.224 e. The summed E-state index contributed by atoms with van der Waals surface area (Å²) in [4.78, 5) is 17.2. The number of amides is 1. The number of rotatable bonds is 4. The molecule has 2 aliphatic rings. The molecular formula is C18H26N2O. The van der Waals surface area contributed by atoms with Crippen LogP contribution in [0.25, 0.3) is 0 Å². The number of nitrogens with zero attached hydrogens (tertiary/aromatic N) is 2. The minimum Gasteiger partial charge on any atom is -0.350 e. The Morgan fingerprint density at radius 2 is 2.05 bits per heavy atom. The van der Waals surface area contributed by atoms with Crippen molar-refractivity contribution < 1.29 is 4.79 Å². The van der Waals surface area contributed by atoms with E-state index in [1.54, 1.807) is 0 Å². The van der Waals surface area contributed by atoms with E-state index in [9.17, 15) is 4.79 Å². The predicted molar refractivity (Wildman–Crippen MR) is 86.5 cm³/mol. The maximum Gasteiger partial charge on any atom is 0.224 e. The number of benzene rings is 1. The molecule has 2 aliphatic heterocycles. The van der Waals surface area contributed by atoms with E-state index >= 15 is 0 Å². The highest BCUT2D eigenvalue weighted by Crippen LogP contribution is 2.53. The molecule has 21 heavy (non-hydrogen) atoms. The Balaban J connectivity index is 2.06. The van der Waals surface area contributed by atoms with Gasteiger partial charge >= 0.3 is 0 Å². The summed E-state index contributed by atoms with van der Waals surface area (Å²) in [5.41, 5.74) is 2.92. The Labute approximate surface area is 127 Å². The van der Waals surface area contributed by atoms with E-state index in [2.05, 4.69) is 54.8 Å². The molecule has 1 saturated heterocycles. The molecule has 3 rings (SSSR count). The molecule has 0 aromatic heterocycles. The van der Waals surface area contributed by atoms with Crippen molar-refractivity contribution in [2.24, 2.45) is 0 Å². The van der Waals surface area contributed by atoms with E-state index < -0.39 is 0 Å². The lowest BCUT2D eigenvalue weighted by Gasteiger charge is -2.37. The summed E-state index contributed by atoms with van der Waals surface area (Å²) in [6.07, 6.45) is 4.02. The Hall–Kier alpha value is -1.51. The highest BCUT2D eigenvalue weighted by Gasteiger charge is 2.56. The van der Waals surface area contributed by atoms with Crippen LogP contribution in [-0.2, 0) is 10.2 Å². The second-order valence-electron chi connectivity index (χ2n) is 6.27. The first kappa shape index (κ1) is 14.4. The Bertz CT molecular complexity index is 542. The predicted octanol–water partition coefficient (Wildman–Crippen LogP) is 3.53. The topological polar surface area (TPSA) is 23.6 Å². The second kappa shape index (κ2) is 5.36. The molecular weight excluding hydrogens is 260 g/mol. The van der Waals surface area contributed by atoms with Crippen LogP contribution < -0.4 is 4.90 Å². The van der Waals surface area contributed by atoms with Crippen molar-refractivity contribution in [3.63, 3.8) is 0 Å². The fourth-order valence-electron chi connectivity index (χ4n) is 4.40. The molecule has 0 aliphatic carbocycles. The molecule has 1 aromatic carbocycles. The van der Waals surface area contributed by atoms with Crippen molar-refractivity contribution in [1.29, 1.82) is 0 Å². The van der Waals surface area contributed by atoms with Crippen LogP contribution in [-0.4, -0.2) is 30.1 Å². The van der Waals surface area contributed by atoms with Gasteiger partial charge in [-0.05, 0) is 37.8 Å². The average Bonchev–Trinajstić information content (AvgIpc) is 3.01. The minimum absolute atomic E-state index is 0.135. The van der Waals surface area contributed by atoms with E-state index in [1.807, 2.05) is 0 Å². The summed E-state index contributed by atoms with van der Waals surface area (Å²) in [5.74, 6) is 0.323. The van der Waals surface area contributed by atoms with Crippen LogP contribution in [0.15, 0.2) is 24.3 Å². The van der Waals surface area contributed by atoms with Gasteiger partial charge in [0.05, 0.1) is 0 Å². The zero-order valence-corrected chi connectivity index (χ0v) is 13.4. The fraction of sp³-hybridized carbons (Fsp3) is 0.611. The van der Waals surface area contributed by atoms with Crippen LogP contribution in [0.3, 0.4) is 0 Å². The van der Waals surface area contributed by atoms with Crippen LogP contribution in [0.4, 0.5) is 5.69 Å². The number of fused-ring (bicyclic) bond motifs is 3. The number of carbonyl (C=O) groups is 1. The quantitative estimate of drug-likeness (QED) is 0.845. The van der Waals surface area contributed by atoms with Crippen LogP contribution in [0, 0.1) is 0 Å². The summed E-state index contributed by atoms with van der Waals surface area (Å²) >= 11 is 0. The maximum absolute atomic E-state index is 12.6. The molecule has 0 N–H and O–H groups in total. The normalized spacial score (nSPS) is 26.9. The number of likely N-dealkylation sites (N-methyl/N-ethyl adjacent to an activating group) is 1. The SMILES string of the molecule is CCCC(=O)N1CCC2(CC)c3ccccc3N(CC)C12. The summed E-state index contributed by atoms with van der Waals surface area (Å²) < 4.78 is 0. The number of para-hydroxylation sites is 1. The van der Waals surface area contributed by atoms with Crippen molar-refractivity contribution >= 4 is 11.6 Å². The molecule has 0 radical (unpaired) electrons. The second-order valence-corrected chi connectivity index (χ2v) is 6.27. The van der Waals surface area contributed by atoms with E-state index in [0.717, 1.165) is 32.4 Å². The third-order valence-corrected chi connectivity index (χ3v) is 5.39. The van der Waals surface area contributed by atoms with Crippen LogP contribution >= 0.6 is 0 Å². The van der Waals surface area contributed by atoms with Crippen molar-refractivity contribution in [3.05, 3.63) is 29.8 Å². The third-order valence-electron chi connectivity index (χ3n) is 5.39. The highest BCUT2D eigenvalue weighted by molar-refractivity contribution is 5.79. The Morgan fingerprint density at radius 1 is 1.29 bits per heavy atom. The van der Waals surface area contributed by atoms with Crippen molar-refractivity contribution in [3.8, 4) is 0 Å². The Morgan fingerprint density at radius 3 is 2.71 bits per heavy atom. The van der Waals surface area contributed by atoms with E-state index in [1.165, 1.54) is 11.3 Å². The van der Waals surface area contributed by atoms with Gasteiger partial charge in [0.1, 0.15) is 6.17 Å². The molecule has 1 amide bonds. The van der Waals surface area contributed by atoms with Crippen molar-refractivity contribution in [2.75, 3.05) is 18.0 Å². The number of hydrogen-bond acceptors (Lipinski definition) is 2. The van der Waals surface area contributed by atoms with Gasteiger partial charge < -0.3 is 9.80 Å². The van der Waals surface area contributed by atoms with Crippen LogP contribution in [0.2, 0.25) is 0 Å². The maximum atomic E-state index is 12.6. The first-order valence-corrected chi connectivity index (χ1v) is 8.35. The third kappa shape index (κ3) is 1.90. The molecule has 3 heteroatoms. The number of carbonyl (C=O) groups excluding carboxylic acids is 1. The summed E-state index contributed by atoms with van der Waals surface area (Å²) in [5, 5.41) is 0. The molecule has 0 saturated carbocycles. The summed E-state index contributed by atoms with van der Waals surface area (Å²) in [6.45, 7) is 8.42. The summed E-state index contributed by atoms with van der Waals surface area (Å²) in [6, 6.07) is 8.75. The van der Waals surface area contributed by atoms with Gasteiger partial charge in [-0.15, -0.1) is 0 Å². The highest BCUT2D eigenvalue weighted by atomic mass is 16.2. The number of anilines is 1. The number of hydrogen-bond donors (Lipinski definition) is 0. The molecule has 114 valence electrons. The minimum atomic E-state index is 0.135. The van der Waals surface area contributed by atoms with Gasteiger partial charge in [-0.3, -0.25) is 4.79 Å². The van der Waals surface area contributed by atoms with Crippen molar-refractivity contribution in [1.82, 2.24) is 4.90 Å². The zero-order chi connectivity index (χ0) is 15.0. The molecule has 2 unspecified atom stereocenters. The van der Waals surface area contributed by atoms with Gasteiger partial charge in [-0.2, -0.15) is 0 Å². The molecule has 1 fully saturated rings. The molecule has 0 bridgehead atoms. The largest absolute Gasteiger partial charge is 0.350 e. The van der Waals surface area contributed by atoms with Crippen LogP contribution in [0.1, 0.15) is 52.0 Å². The average molecular weight is 286 g/mol. The first-order valence-electron chi connectivity index (χ1n) is 8.35. The van der Waals surface area contributed by atoms with Gasteiger partial charge in [-0.1, -0.05) is 32.0 Å². The molecule has 2 heterocycles. The van der Waals surface area contributed by atoms with Gasteiger partial charge in [0.2, 0.25) is 5.91 Å². The lowest BCUT2D eigenvalue weighted by molar-refractivity contribution is -0.132. The van der Waals surface area contributed by atoms with Gasteiger partial charge in [-0.25, -0.2) is 0 Å². The fourth-order valence-corrected chi connectivity index (χ4v) is 4.40. The molecule has 0 spiro atoms. The van der Waals surface area contributed by atoms with E-state index in [-0.39, 0.29) is 11.6 Å². The van der Waals surface area contributed by atoms with E-state index in [4.69, 9.17) is 0 Å². The standard InChI is InChI=1S/C18H26N2O/c1-4-9-16(21)20-13-12-18(5-2)14-10-7-8-11-15(14)19(6-3)17(18)20/h7-8,10-11,17H,4-6,9,12-13H2,1-3H3.